The number of rotatable bonds is 4. The number of thioether (sulfide) groups is 1. The topological polar surface area (TPSA) is 54.9 Å². The first kappa shape index (κ1) is 16.1. The van der Waals surface area contributed by atoms with Crippen molar-refractivity contribution in [2.75, 3.05) is 11.1 Å². The van der Waals surface area contributed by atoms with Crippen LogP contribution < -0.4 is 5.32 Å². The van der Waals surface area contributed by atoms with Crippen LogP contribution in [0.4, 0.5) is 5.69 Å². The van der Waals surface area contributed by atoms with Gasteiger partial charge in [-0.25, -0.2) is 4.98 Å². The molecule has 0 radical (unpaired) electrons. The number of anilines is 1. The smallest absolute Gasteiger partial charge is 0.234 e. The molecule has 0 aliphatic carbocycles. The second kappa shape index (κ2) is 6.82. The number of nitrogens with one attached hydrogen (secondary N) is 1. The number of para-hydroxylation sites is 1. The zero-order chi connectivity index (χ0) is 17.2. The second-order valence-electron chi connectivity index (χ2n) is 5.61. The molecule has 4 rings (SSSR count). The van der Waals surface area contributed by atoms with Gasteiger partial charge in [0.25, 0.3) is 0 Å². The van der Waals surface area contributed by atoms with E-state index in [0.717, 1.165) is 36.7 Å². The van der Waals surface area contributed by atoms with E-state index in [9.17, 15) is 4.79 Å². The lowest BCUT2D eigenvalue weighted by Crippen LogP contribution is -2.14. The highest BCUT2D eigenvalue weighted by molar-refractivity contribution is 8.01. The molecule has 0 unspecified atom stereocenters. The second-order valence-corrected chi connectivity index (χ2v) is 7.87. The zero-order valence-corrected chi connectivity index (χ0v) is 15.2. The molecule has 0 aliphatic rings. The molecule has 0 aliphatic heterocycles. The van der Waals surface area contributed by atoms with E-state index in [4.69, 9.17) is 0 Å². The van der Waals surface area contributed by atoms with Crippen LogP contribution in [0.25, 0.3) is 21.1 Å². The lowest BCUT2D eigenvalue weighted by atomic mass is 10.1. The first-order chi connectivity index (χ1) is 12.2. The van der Waals surface area contributed by atoms with Gasteiger partial charge in [-0.05, 0) is 42.8 Å². The summed E-state index contributed by atoms with van der Waals surface area (Å²) in [6.45, 7) is 2.02. The van der Waals surface area contributed by atoms with Crippen LogP contribution in [0.3, 0.4) is 0 Å². The predicted molar refractivity (Wildman–Crippen MR) is 105 cm³/mol. The van der Waals surface area contributed by atoms with E-state index in [2.05, 4.69) is 15.3 Å². The Morgan fingerprint density at radius 1 is 1.16 bits per heavy atom. The van der Waals surface area contributed by atoms with Crippen LogP contribution in [0, 0.1) is 6.92 Å². The number of aryl methyl sites for hydroxylation is 1. The minimum atomic E-state index is -0.0433. The fourth-order valence-corrected chi connectivity index (χ4v) is 4.52. The minimum absolute atomic E-state index is 0.0433. The van der Waals surface area contributed by atoms with E-state index in [-0.39, 0.29) is 5.91 Å². The van der Waals surface area contributed by atoms with Gasteiger partial charge in [0, 0.05) is 11.6 Å². The summed E-state index contributed by atoms with van der Waals surface area (Å²) in [7, 11) is 0. The predicted octanol–water partition coefficient (Wildman–Crippen LogP) is 4.88. The summed E-state index contributed by atoms with van der Waals surface area (Å²) in [5, 5.41) is 3.95. The van der Waals surface area contributed by atoms with Crippen LogP contribution in [-0.4, -0.2) is 21.6 Å². The third kappa shape index (κ3) is 3.36. The zero-order valence-electron chi connectivity index (χ0n) is 13.5. The fourth-order valence-electron chi connectivity index (χ4n) is 2.65. The molecule has 0 fully saturated rings. The highest BCUT2D eigenvalue weighted by Gasteiger charge is 2.10. The van der Waals surface area contributed by atoms with E-state index in [1.54, 1.807) is 17.5 Å². The standard InChI is InChI=1S/C19H15N3OS2/c1-12-8-9-14(13-5-4-10-20-18(12)13)21-17(23)11-24-19-22-15-6-2-3-7-16(15)25-19/h2-10H,11H2,1H3,(H,21,23). The fraction of sp³-hybridized carbons (Fsp3) is 0.105. The molecule has 1 N–H and O–H groups in total. The highest BCUT2D eigenvalue weighted by Crippen LogP contribution is 2.30. The van der Waals surface area contributed by atoms with Gasteiger partial charge in [0.15, 0.2) is 4.34 Å². The summed E-state index contributed by atoms with van der Waals surface area (Å²) in [6, 6.07) is 15.8. The molecular weight excluding hydrogens is 350 g/mol. The Hall–Kier alpha value is -2.44. The SMILES string of the molecule is Cc1ccc(NC(=O)CSc2nc3ccccc3s2)c2cccnc12. The first-order valence-corrected chi connectivity index (χ1v) is 9.63. The molecule has 2 heterocycles. The van der Waals surface area contributed by atoms with Crippen LogP contribution in [0.5, 0.6) is 0 Å². The van der Waals surface area contributed by atoms with E-state index < -0.39 is 0 Å². The molecule has 124 valence electrons. The molecule has 2 aromatic heterocycles. The summed E-state index contributed by atoms with van der Waals surface area (Å²) in [4.78, 5) is 21.3. The van der Waals surface area contributed by atoms with Gasteiger partial charge in [-0.2, -0.15) is 0 Å². The number of pyridine rings is 1. The van der Waals surface area contributed by atoms with E-state index in [0.29, 0.717) is 5.75 Å². The molecule has 0 bridgehead atoms. The van der Waals surface area contributed by atoms with E-state index >= 15 is 0 Å². The normalized spacial score (nSPS) is 11.1. The molecule has 4 aromatic rings. The van der Waals surface area contributed by atoms with E-state index in [1.165, 1.54) is 11.8 Å². The average Bonchev–Trinajstić information content (AvgIpc) is 3.06. The van der Waals surface area contributed by atoms with Crippen LogP contribution in [0.2, 0.25) is 0 Å². The Morgan fingerprint density at radius 3 is 2.92 bits per heavy atom. The molecule has 4 nitrogen and oxygen atoms in total. The Labute approximate surface area is 153 Å². The van der Waals surface area contributed by atoms with Gasteiger partial charge in [-0.15, -0.1) is 11.3 Å². The molecule has 0 saturated carbocycles. The van der Waals surface area contributed by atoms with Crippen LogP contribution in [-0.2, 0) is 4.79 Å². The number of carbonyl (C=O) groups is 1. The number of hydrogen-bond donors (Lipinski definition) is 1. The molecule has 6 heteroatoms. The van der Waals surface area contributed by atoms with Gasteiger partial charge in [-0.3, -0.25) is 9.78 Å². The molecular formula is C19H15N3OS2. The maximum atomic E-state index is 12.4. The highest BCUT2D eigenvalue weighted by atomic mass is 32.2. The van der Waals surface area contributed by atoms with Crippen LogP contribution in [0.1, 0.15) is 5.56 Å². The number of hydrogen-bond acceptors (Lipinski definition) is 5. The van der Waals surface area contributed by atoms with Crippen molar-refractivity contribution in [3.8, 4) is 0 Å². The van der Waals surface area contributed by atoms with Crippen molar-refractivity contribution in [3.05, 3.63) is 60.3 Å². The largest absolute Gasteiger partial charge is 0.325 e. The number of thiazole rings is 1. The average molecular weight is 365 g/mol. The number of nitrogens with zero attached hydrogens (tertiary/aromatic N) is 2. The third-order valence-corrected chi connectivity index (χ3v) is 6.03. The number of aromatic nitrogens is 2. The monoisotopic (exact) mass is 365 g/mol. The van der Waals surface area contributed by atoms with Crippen molar-refractivity contribution in [2.24, 2.45) is 0 Å². The van der Waals surface area contributed by atoms with Gasteiger partial charge < -0.3 is 5.32 Å². The molecule has 1 amide bonds. The molecule has 0 saturated heterocycles. The summed E-state index contributed by atoms with van der Waals surface area (Å²) < 4.78 is 2.05. The first-order valence-electron chi connectivity index (χ1n) is 7.83. The summed E-state index contributed by atoms with van der Waals surface area (Å²) >= 11 is 3.07. The quantitative estimate of drug-likeness (QED) is 0.524. The molecule has 0 spiro atoms. The van der Waals surface area contributed by atoms with Crippen molar-refractivity contribution in [1.29, 1.82) is 0 Å². The minimum Gasteiger partial charge on any atom is -0.325 e. The Bertz CT molecular complexity index is 1040. The maximum Gasteiger partial charge on any atom is 0.234 e. The van der Waals surface area contributed by atoms with Crippen LogP contribution >= 0.6 is 23.1 Å². The third-order valence-electron chi connectivity index (χ3n) is 3.85. The number of fused-ring (bicyclic) bond motifs is 2. The van der Waals surface area contributed by atoms with Crippen molar-refractivity contribution in [2.45, 2.75) is 11.3 Å². The molecule has 25 heavy (non-hydrogen) atoms. The summed E-state index contributed by atoms with van der Waals surface area (Å²) in [6.07, 6.45) is 1.77. The van der Waals surface area contributed by atoms with Crippen LogP contribution in [0.15, 0.2) is 59.1 Å². The summed E-state index contributed by atoms with van der Waals surface area (Å²) in [5.74, 6) is 0.286. The van der Waals surface area contributed by atoms with Crippen molar-refractivity contribution >= 4 is 55.8 Å². The van der Waals surface area contributed by atoms with Gasteiger partial charge in [0.2, 0.25) is 5.91 Å². The van der Waals surface area contributed by atoms with Gasteiger partial charge in [0.1, 0.15) is 0 Å². The lowest BCUT2D eigenvalue weighted by molar-refractivity contribution is -0.113. The number of carbonyl (C=O) groups excluding carboxylic acids is 1. The van der Waals surface area contributed by atoms with Crippen molar-refractivity contribution in [3.63, 3.8) is 0 Å². The molecule has 2 aromatic carbocycles. The molecule has 0 atom stereocenters. The van der Waals surface area contributed by atoms with E-state index in [1.807, 2.05) is 55.5 Å². The van der Waals surface area contributed by atoms with Gasteiger partial charge >= 0.3 is 0 Å². The van der Waals surface area contributed by atoms with Gasteiger partial charge in [-0.1, -0.05) is 30.0 Å². The Kier molecular flexibility index (Phi) is 4.38. The number of benzene rings is 2. The van der Waals surface area contributed by atoms with Crippen molar-refractivity contribution in [1.82, 2.24) is 9.97 Å². The lowest BCUT2D eigenvalue weighted by Gasteiger charge is -2.09. The summed E-state index contributed by atoms with van der Waals surface area (Å²) in [5.41, 5.74) is 3.78. The van der Waals surface area contributed by atoms with Gasteiger partial charge in [0.05, 0.1) is 27.2 Å². The number of amides is 1. The maximum absolute atomic E-state index is 12.4. The Balaban J connectivity index is 1.48. The van der Waals surface area contributed by atoms with Crippen molar-refractivity contribution < 1.29 is 4.79 Å². The Morgan fingerprint density at radius 2 is 2.04 bits per heavy atom.